The number of carbonyl (C=O) groups is 2. The molecular formula is C23H20ClFN2O2. The molecule has 1 heterocycles. The molecule has 1 amide bonds. The van der Waals surface area contributed by atoms with E-state index in [0.717, 1.165) is 24.1 Å². The largest absolute Gasteiger partial charge is 0.362 e. The molecule has 0 bridgehead atoms. The highest BCUT2D eigenvalue weighted by molar-refractivity contribution is 6.30. The molecule has 1 aliphatic carbocycles. The zero-order valence-corrected chi connectivity index (χ0v) is 16.6. The molecule has 2 aromatic rings. The molecule has 0 aromatic heterocycles. The van der Waals surface area contributed by atoms with Crippen molar-refractivity contribution in [3.63, 3.8) is 0 Å². The van der Waals surface area contributed by atoms with Gasteiger partial charge in [-0.2, -0.15) is 0 Å². The molecule has 4 nitrogen and oxygen atoms in total. The first-order valence-electron chi connectivity index (χ1n) is 9.51. The fourth-order valence-electron chi connectivity index (χ4n) is 4.06. The maximum absolute atomic E-state index is 14.1. The predicted octanol–water partition coefficient (Wildman–Crippen LogP) is 5.09. The summed E-state index contributed by atoms with van der Waals surface area (Å²) in [6.45, 7) is 1.80. The fourth-order valence-corrected chi connectivity index (χ4v) is 4.25. The maximum atomic E-state index is 14.1. The summed E-state index contributed by atoms with van der Waals surface area (Å²) in [6.07, 6.45) is 1.97. The van der Waals surface area contributed by atoms with Crippen LogP contribution >= 0.6 is 11.6 Å². The van der Waals surface area contributed by atoms with Gasteiger partial charge in [0.2, 0.25) is 0 Å². The summed E-state index contributed by atoms with van der Waals surface area (Å²) < 4.78 is 14.1. The standard InChI is InChI=1S/C23H20ClFN2O2/c1-13-20(23(29)27-17-9-3-2-8-16(17)25)21(14-6-4-7-15(24)12-14)22-18(26-13)10-5-11-19(22)28/h2-4,6-9,12,21,26H,5,10-11H2,1H3,(H,27,29)/t21-/m0/s1. The van der Waals surface area contributed by atoms with Crippen molar-refractivity contribution in [2.75, 3.05) is 5.32 Å². The zero-order chi connectivity index (χ0) is 20.5. The Morgan fingerprint density at radius 1 is 1.17 bits per heavy atom. The van der Waals surface area contributed by atoms with Gasteiger partial charge >= 0.3 is 0 Å². The molecule has 0 saturated carbocycles. The lowest BCUT2D eigenvalue weighted by molar-refractivity contribution is -0.116. The van der Waals surface area contributed by atoms with E-state index in [4.69, 9.17) is 11.6 Å². The molecule has 2 aromatic carbocycles. The van der Waals surface area contributed by atoms with Crippen molar-refractivity contribution < 1.29 is 14.0 Å². The van der Waals surface area contributed by atoms with Crippen LogP contribution in [0, 0.1) is 5.82 Å². The number of allylic oxidation sites excluding steroid dienone is 3. The van der Waals surface area contributed by atoms with E-state index < -0.39 is 17.6 Å². The van der Waals surface area contributed by atoms with E-state index in [1.165, 1.54) is 12.1 Å². The number of para-hydroxylation sites is 1. The van der Waals surface area contributed by atoms with Crippen LogP contribution in [0.5, 0.6) is 0 Å². The average molecular weight is 411 g/mol. The van der Waals surface area contributed by atoms with Crippen molar-refractivity contribution in [2.24, 2.45) is 0 Å². The molecule has 0 saturated heterocycles. The molecule has 0 spiro atoms. The molecule has 1 aliphatic heterocycles. The van der Waals surface area contributed by atoms with Crippen molar-refractivity contribution in [3.8, 4) is 0 Å². The van der Waals surface area contributed by atoms with Crippen LogP contribution < -0.4 is 10.6 Å². The van der Waals surface area contributed by atoms with Crippen molar-refractivity contribution in [2.45, 2.75) is 32.1 Å². The molecule has 2 N–H and O–H groups in total. The van der Waals surface area contributed by atoms with Crippen LogP contribution in [0.2, 0.25) is 5.02 Å². The number of carbonyl (C=O) groups excluding carboxylic acids is 2. The summed E-state index contributed by atoms with van der Waals surface area (Å²) in [5, 5.41) is 6.43. The van der Waals surface area contributed by atoms with Gasteiger partial charge in [-0.05, 0) is 49.6 Å². The Bertz CT molecular complexity index is 1070. The van der Waals surface area contributed by atoms with Crippen molar-refractivity contribution in [1.29, 1.82) is 0 Å². The fraction of sp³-hybridized carbons (Fsp3) is 0.217. The summed E-state index contributed by atoms with van der Waals surface area (Å²) in [7, 11) is 0. The van der Waals surface area contributed by atoms with Gasteiger partial charge in [-0.25, -0.2) is 4.39 Å². The third kappa shape index (κ3) is 3.70. The first-order valence-corrected chi connectivity index (χ1v) is 9.89. The number of dihydropyridines is 1. The number of Topliss-reactive ketones (excluding diaryl/α,β-unsaturated/α-hetero) is 1. The summed E-state index contributed by atoms with van der Waals surface area (Å²) in [5.74, 6) is -1.50. The number of ketones is 1. The monoisotopic (exact) mass is 410 g/mol. The summed E-state index contributed by atoms with van der Waals surface area (Å²) in [6, 6.07) is 13.2. The highest BCUT2D eigenvalue weighted by atomic mass is 35.5. The Labute approximate surface area is 173 Å². The number of nitrogens with one attached hydrogen (secondary N) is 2. The van der Waals surface area contributed by atoms with Gasteiger partial charge in [0.1, 0.15) is 5.82 Å². The van der Waals surface area contributed by atoms with E-state index in [0.29, 0.717) is 28.3 Å². The van der Waals surface area contributed by atoms with Gasteiger partial charge in [-0.15, -0.1) is 0 Å². The second kappa shape index (κ2) is 7.84. The van der Waals surface area contributed by atoms with Crippen LogP contribution in [0.25, 0.3) is 0 Å². The van der Waals surface area contributed by atoms with Gasteiger partial charge < -0.3 is 10.6 Å². The molecule has 0 unspecified atom stereocenters. The number of rotatable bonds is 3. The Kier molecular flexibility index (Phi) is 5.24. The van der Waals surface area contributed by atoms with Gasteiger partial charge in [0.15, 0.2) is 5.78 Å². The van der Waals surface area contributed by atoms with E-state index in [1.807, 2.05) is 6.07 Å². The molecular weight excluding hydrogens is 391 g/mol. The number of anilines is 1. The van der Waals surface area contributed by atoms with E-state index in [9.17, 15) is 14.0 Å². The van der Waals surface area contributed by atoms with Crippen LogP contribution in [0.1, 0.15) is 37.7 Å². The van der Waals surface area contributed by atoms with Gasteiger partial charge in [0, 0.05) is 39.9 Å². The third-order valence-corrected chi connectivity index (χ3v) is 5.56. The SMILES string of the molecule is CC1=C(C(=O)Nc2ccccc2F)[C@H](c2cccc(Cl)c2)C2=C(CCCC2=O)N1. The Morgan fingerprint density at radius 2 is 1.97 bits per heavy atom. The second-order valence-electron chi connectivity index (χ2n) is 7.25. The van der Waals surface area contributed by atoms with Crippen LogP contribution in [0.15, 0.2) is 71.1 Å². The molecule has 0 radical (unpaired) electrons. The Morgan fingerprint density at radius 3 is 2.72 bits per heavy atom. The maximum Gasteiger partial charge on any atom is 0.254 e. The summed E-state index contributed by atoms with van der Waals surface area (Å²) in [5.41, 5.74) is 3.35. The second-order valence-corrected chi connectivity index (χ2v) is 7.69. The minimum Gasteiger partial charge on any atom is -0.362 e. The summed E-state index contributed by atoms with van der Waals surface area (Å²) in [4.78, 5) is 26.1. The minimum atomic E-state index is -0.551. The van der Waals surface area contributed by atoms with E-state index in [2.05, 4.69) is 10.6 Å². The summed E-state index contributed by atoms with van der Waals surface area (Å²) >= 11 is 6.21. The van der Waals surface area contributed by atoms with Crippen LogP contribution in [-0.4, -0.2) is 11.7 Å². The normalized spacial score (nSPS) is 19.0. The number of hydrogen-bond acceptors (Lipinski definition) is 3. The zero-order valence-electron chi connectivity index (χ0n) is 15.9. The molecule has 6 heteroatoms. The topological polar surface area (TPSA) is 58.2 Å². The highest BCUT2D eigenvalue weighted by Crippen LogP contribution is 2.42. The third-order valence-electron chi connectivity index (χ3n) is 5.32. The number of hydrogen-bond donors (Lipinski definition) is 2. The molecule has 4 rings (SSSR count). The Balaban J connectivity index is 1.81. The first-order chi connectivity index (χ1) is 14.0. The minimum absolute atomic E-state index is 0.0208. The molecule has 148 valence electrons. The first kappa shape index (κ1) is 19.4. The lowest BCUT2D eigenvalue weighted by Gasteiger charge is -2.34. The smallest absolute Gasteiger partial charge is 0.254 e. The van der Waals surface area contributed by atoms with Crippen molar-refractivity contribution >= 4 is 29.0 Å². The predicted molar refractivity (Wildman–Crippen MR) is 111 cm³/mol. The average Bonchev–Trinajstić information content (AvgIpc) is 2.69. The van der Waals surface area contributed by atoms with E-state index in [-0.39, 0.29) is 11.5 Å². The lowest BCUT2D eigenvalue weighted by atomic mass is 9.75. The number of halogens is 2. The van der Waals surface area contributed by atoms with Gasteiger partial charge in [0.25, 0.3) is 5.91 Å². The van der Waals surface area contributed by atoms with Crippen molar-refractivity contribution in [3.05, 3.63) is 87.5 Å². The van der Waals surface area contributed by atoms with E-state index >= 15 is 0 Å². The highest BCUT2D eigenvalue weighted by Gasteiger charge is 2.38. The molecule has 1 atom stereocenters. The number of benzene rings is 2. The van der Waals surface area contributed by atoms with Gasteiger partial charge in [-0.1, -0.05) is 35.9 Å². The van der Waals surface area contributed by atoms with Crippen LogP contribution in [0.3, 0.4) is 0 Å². The Hall–Kier alpha value is -2.92. The lowest BCUT2D eigenvalue weighted by Crippen LogP contribution is -2.35. The quantitative estimate of drug-likeness (QED) is 0.741. The molecule has 0 fully saturated rings. The molecule has 29 heavy (non-hydrogen) atoms. The van der Waals surface area contributed by atoms with Gasteiger partial charge in [-0.3, -0.25) is 9.59 Å². The molecule has 2 aliphatic rings. The van der Waals surface area contributed by atoms with Crippen LogP contribution in [0.4, 0.5) is 10.1 Å². The van der Waals surface area contributed by atoms with Gasteiger partial charge in [0.05, 0.1) is 5.69 Å². The van der Waals surface area contributed by atoms with Crippen molar-refractivity contribution in [1.82, 2.24) is 5.32 Å². The van der Waals surface area contributed by atoms with Crippen LogP contribution in [-0.2, 0) is 9.59 Å². The van der Waals surface area contributed by atoms with E-state index in [1.54, 1.807) is 37.3 Å². The number of amides is 1.